The summed E-state index contributed by atoms with van der Waals surface area (Å²) in [4.78, 5) is 12.2. The number of aryl methyl sites for hydroxylation is 2. The molecule has 3 heterocycles. The Bertz CT molecular complexity index is 999. The molecule has 0 bridgehead atoms. The van der Waals surface area contributed by atoms with Crippen LogP contribution in [0.3, 0.4) is 0 Å². The minimum atomic E-state index is 0.468. The lowest BCUT2D eigenvalue weighted by molar-refractivity contribution is 0.958. The molecular formula is C16H14ClN5. The first-order valence-corrected chi connectivity index (χ1v) is 7.33. The van der Waals surface area contributed by atoms with Gasteiger partial charge in [-0.1, -0.05) is 17.7 Å². The van der Waals surface area contributed by atoms with Gasteiger partial charge in [0.05, 0.1) is 22.2 Å². The van der Waals surface area contributed by atoms with Gasteiger partial charge >= 0.3 is 0 Å². The third kappa shape index (κ3) is 2.02. The first kappa shape index (κ1) is 13.2. The Morgan fingerprint density at radius 1 is 1.18 bits per heavy atom. The van der Waals surface area contributed by atoms with Gasteiger partial charge in [-0.3, -0.25) is 0 Å². The van der Waals surface area contributed by atoms with Gasteiger partial charge in [0.1, 0.15) is 10.7 Å². The molecule has 6 heteroatoms. The number of aromatic nitrogens is 4. The zero-order chi connectivity index (χ0) is 15.3. The quantitative estimate of drug-likeness (QED) is 0.547. The van der Waals surface area contributed by atoms with Gasteiger partial charge < -0.3 is 14.9 Å². The number of H-pyrrole nitrogens is 1. The van der Waals surface area contributed by atoms with Crippen molar-refractivity contribution in [3.05, 3.63) is 47.2 Å². The highest BCUT2D eigenvalue weighted by atomic mass is 35.5. The molecule has 0 saturated carbocycles. The molecule has 4 aromatic rings. The van der Waals surface area contributed by atoms with Crippen LogP contribution in [0.1, 0.15) is 5.56 Å². The second-order valence-corrected chi connectivity index (χ2v) is 5.73. The molecule has 22 heavy (non-hydrogen) atoms. The van der Waals surface area contributed by atoms with Gasteiger partial charge in [0.25, 0.3) is 0 Å². The lowest BCUT2D eigenvalue weighted by Gasteiger charge is -2.04. The average molecular weight is 312 g/mol. The van der Waals surface area contributed by atoms with Crippen LogP contribution in [0.25, 0.3) is 22.1 Å². The van der Waals surface area contributed by atoms with E-state index in [1.807, 2.05) is 23.9 Å². The third-order valence-corrected chi connectivity index (χ3v) is 3.98. The summed E-state index contributed by atoms with van der Waals surface area (Å²) in [6.45, 7) is 2.06. The number of halogens is 1. The number of hydrogen-bond donors (Lipinski definition) is 2. The van der Waals surface area contributed by atoms with E-state index in [2.05, 4.69) is 45.4 Å². The fourth-order valence-electron chi connectivity index (χ4n) is 2.61. The van der Waals surface area contributed by atoms with Crippen LogP contribution in [0.15, 0.2) is 36.5 Å². The average Bonchev–Trinajstić information content (AvgIpc) is 3.01. The maximum Gasteiger partial charge on any atom is 0.208 e. The van der Waals surface area contributed by atoms with Crippen LogP contribution >= 0.6 is 11.6 Å². The number of hydrogen-bond acceptors (Lipinski definition) is 3. The van der Waals surface area contributed by atoms with Gasteiger partial charge in [-0.2, -0.15) is 0 Å². The van der Waals surface area contributed by atoms with E-state index in [1.165, 1.54) is 5.56 Å². The number of rotatable bonds is 2. The zero-order valence-electron chi connectivity index (χ0n) is 12.2. The van der Waals surface area contributed by atoms with E-state index in [1.54, 1.807) is 6.07 Å². The van der Waals surface area contributed by atoms with Crippen molar-refractivity contribution in [1.29, 1.82) is 0 Å². The van der Waals surface area contributed by atoms with Crippen LogP contribution in [0.2, 0.25) is 5.15 Å². The summed E-state index contributed by atoms with van der Waals surface area (Å²) in [6.07, 6.45) is 1.87. The maximum atomic E-state index is 5.99. The molecule has 0 aliphatic carbocycles. The van der Waals surface area contributed by atoms with Gasteiger partial charge in [-0.05, 0) is 36.8 Å². The number of nitrogens with one attached hydrogen (secondary N) is 2. The summed E-state index contributed by atoms with van der Waals surface area (Å²) in [6, 6.07) is 9.91. The lowest BCUT2D eigenvalue weighted by Crippen LogP contribution is -1.98. The SMILES string of the molecule is Cc1ccc2c(c1)nc(Nc1c[nH]c3ccc(Cl)nc13)n2C. The van der Waals surface area contributed by atoms with Gasteiger partial charge in [0.2, 0.25) is 5.95 Å². The number of anilines is 2. The Hall–Kier alpha value is -2.53. The monoisotopic (exact) mass is 311 g/mol. The predicted molar refractivity (Wildman–Crippen MR) is 89.8 cm³/mol. The van der Waals surface area contributed by atoms with Crippen LogP contribution in [0.4, 0.5) is 11.6 Å². The van der Waals surface area contributed by atoms with E-state index in [-0.39, 0.29) is 0 Å². The molecule has 4 rings (SSSR count). The van der Waals surface area contributed by atoms with Crippen LogP contribution in [-0.4, -0.2) is 19.5 Å². The molecule has 0 spiro atoms. The number of imidazole rings is 1. The second kappa shape index (κ2) is 4.74. The normalized spacial score (nSPS) is 11.4. The second-order valence-electron chi connectivity index (χ2n) is 5.34. The van der Waals surface area contributed by atoms with Gasteiger partial charge in [0.15, 0.2) is 0 Å². The molecule has 0 amide bonds. The summed E-state index contributed by atoms with van der Waals surface area (Å²) in [7, 11) is 1.99. The highest BCUT2D eigenvalue weighted by Gasteiger charge is 2.11. The molecular weight excluding hydrogens is 298 g/mol. The number of nitrogens with zero attached hydrogens (tertiary/aromatic N) is 3. The van der Waals surface area contributed by atoms with Crippen molar-refractivity contribution < 1.29 is 0 Å². The van der Waals surface area contributed by atoms with E-state index in [9.17, 15) is 0 Å². The summed E-state index contributed by atoms with van der Waals surface area (Å²) >= 11 is 5.99. The van der Waals surface area contributed by atoms with Crippen molar-refractivity contribution >= 4 is 45.3 Å². The molecule has 0 aliphatic heterocycles. The van der Waals surface area contributed by atoms with E-state index in [0.29, 0.717) is 5.15 Å². The van der Waals surface area contributed by atoms with Crippen molar-refractivity contribution in [2.45, 2.75) is 6.92 Å². The number of benzene rings is 1. The Morgan fingerprint density at radius 3 is 2.91 bits per heavy atom. The minimum absolute atomic E-state index is 0.468. The van der Waals surface area contributed by atoms with Crippen LogP contribution in [0, 0.1) is 6.92 Å². The summed E-state index contributed by atoms with van der Waals surface area (Å²) in [5.74, 6) is 0.767. The number of pyridine rings is 1. The van der Waals surface area contributed by atoms with Crippen molar-refractivity contribution in [3.8, 4) is 0 Å². The first-order valence-electron chi connectivity index (χ1n) is 6.95. The predicted octanol–water partition coefficient (Wildman–Crippen LogP) is 4.16. The summed E-state index contributed by atoms with van der Waals surface area (Å²) in [5.41, 5.74) is 5.83. The molecule has 0 atom stereocenters. The molecule has 0 unspecified atom stereocenters. The molecule has 1 aromatic carbocycles. The van der Waals surface area contributed by atoms with Gasteiger partial charge in [-0.25, -0.2) is 9.97 Å². The third-order valence-electron chi connectivity index (χ3n) is 3.77. The Balaban J connectivity index is 1.82. The molecule has 0 aliphatic rings. The molecule has 2 N–H and O–H groups in total. The van der Waals surface area contributed by atoms with Crippen molar-refractivity contribution in [2.24, 2.45) is 7.05 Å². The molecule has 5 nitrogen and oxygen atoms in total. The topological polar surface area (TPSA) is 58.5 Å². The molecule has 0 fully saturated rings. The smallest absolute Gasteiger partial charge is 0.208 e. The van der Waals surface area contributed by atoms with Crippen molar-refractivity contribution in [3.63, 3.8) is 0 Å². The van der Waals surface area contributed by atoms with E-state index in [0.717, 1.165) is 33.7 Å². The molecule has 110 valence electrons. The van der Waals surface area contributed by atoms with Gasteiger partial charge in [0, 0.05) is 13.2 Å². The lowest BCUT2D eigenvalue weighted by atomic mass is 10.2. The molecule has 0 radical (unpaired) electrons. The van der Waals surface area contributed by atoms with E-state index < -0.39 is 0 Å². The van der Waals surface area contributed by atoms with Crippen molar-refractivity contribution in [2.75, 3.05) is 5.32 Å². The zero-order valence-corrected chi connectivity index (χ0v) is 12.9. The molecule has 3 aromatic heterocycles. The first-order chi connectivity index (χ1) is 10.6. The van der Waals surface area contributed by atoms with E-state index in [4.69, 9.17) is 11.6 Å². The fraction of sp³-hybridized carbons (Fsp3) is 0.125. The highest BCUT2D eigenvalue weighted by Crippen LogP contribution is 2.27. The van der Waals surface area contributed by atoms with E-state index >= 15 is 0 Å². The van der Waals surface area contributed by atoms with Gasteiger partial charge in [-0.15, -0.1) is 0 Å². The Kier molecular flexibility index (Phi) is 2.84. The summed E-state index contributed by atoms with van der Waals surface area (Å²) < 4.78 is 2.03. The standard InChI is InChI=1S/C16H14ClN5/c1-9-3-5-13-11(7-9)19-16(22(13)2)20-12-8-18-10-4-6-14(17)21-15(10)12/h3-8,18H,1-2H3,(H,19,20). The fourth-order valence-corrected chi connectivity index (χ4v) is 2.76. The number of aromatic amines is 1. The Morgan fingerprint density at radius 2 is 2.05 bits per heavy atom. The highest BCUT2D eigenvalue weighted by molar-refractivity contribution is 6.29. The maximum absolute atomic E-state index is 5.99. The van der Waals surface area contributed by atoms with Crippen LogP contribution in [0.5, 0.6) is 0 Å². The van der Waals surface area contributed by atoms with Crippen molar-refractivity contribution in [1.82, 2.24) is 19.5 Å². The number of fused-ring (bicyclic) bond motifs is 2. The Labute approximate surface area is 132 Å². The van der Waals surface area contributed by atoms with Crippen LogP contribution in [-0.2, 0) is 7.05 Å². The minimum Gasteiger partial charge on any atom is -0.358 e. The largest absolute Gasteiger partial charge is 0.358 e. The van der Waals surface area contributed by atoms with Crippen LogP contribution < -0.4 is 5.32 Å². The molecule has 0 saturated heterocycles. The summed E-state index contributed by atoms with van der Waals surface area (Å²) in [5, 5.41) is 3.80.